The number of aromatic nitrogens is 2. The van der Waals surface area contributed by atoms with E-state index in [2.05, 4.69) is 4.98 Å². The van der Waals surface area contributed by atoms with E-state index in [1.54, 1.807) is 0 Å². The SMILES string of the molecule is c1c2c(cc3[nH]c(CCC4CCCCC4)nc13)OCCO2. The zero-order valence-electron chi connectivity index (χ0n) is 12.4. The first-order valence-corrected chi connectivity index (χ1v) is 8.17. The van der Waals surface area contributed by atoms with Crippen molar-refractivity contribution >= 4 is 11.0 Å². The Labute approximate surface area is 124 Å². The van der Waals surface area contributed by atoms with Gasteiger partial charge in [-0.05, 0) is 12.3 Å². The van der Waals surface area contributed by atoms with Gasteiger partial charge in [0.05, 0.1) is 11.0 Å². The Bertz CT molecular complexity index is 586. The van der Waals surface area contributed by atoms with E-state index < -0.39 is 0 Å². The van der Waals surface area contributed by atoms with E-state index in [4.69, 9.17) is 14.5 Å². The summed E-state index contributed by atoms with van der Waals surface area (Å²) >= 11 is 0. The summed E-state index contributed by atoms with van der Waals surface area (Å²) in [5.74, 6) is 3.64. The van der Waals surface area contributed by atoms with Crippen molar-refractivity contribution in [2.75, 3.05) is 13.2 Å². The summed E-state index contributed by atoms with van der Waals surface area (Å²) in [6, 6.07) is 4.01. The van der Waals surface area contributed by atoms with Gasteiger partial charge < -0.3 is 14.5 Å². The van der Waals surface area contributed by atoms with E-state index in [1.807, 2.05) is 12.1 Å². The molecule has 0 unspecified atom stereocenters. The summed E-state index contributed by atoms with van der Waals surface area (Å²) in [6.45, 7) is 1.25. The first-order chi connectivity index (χ1) is 10.4. The van der Waals surface area contributed by atoms with Gasteiger partial charge in [-0.15, -0.1) is 0 Å². The Morgan fingerprint density at radius 1 is 1.05 bits per heavy atom. The number of benzene rings is 1. The number of rotatable bonds is 3. The normalized spacial score (nSPS) is 19.0. The van der Waals surface area contributed by atoms with Crippen LogP contribution in [0.4, 0.5) is 0 Å². The number of hydrogen-bond donors (Lipinski definition) is 1. The lowest BCUT2D eigenvalue weighted by molar-refractivity contribution is 0.172. The van der Waals surface area contributed by atoms with Crippen LogP contribution in [0.25, 0.3) is 11.0 Å². The lowest BCUT2D eigenvalue weighted by atomic mass is 9.86. The largest absolute Gasteiger partial charge is 0.486 e. The molecule has 0 atom stereocenters. The highest BCUT2D eigenvalue weighted by Crippen LogP contribution is 2.34. The summed E-state index contributed by atoms with van der Waals surface area (Å²) in [5.41, 5.74) is 2.04. The highest BCUT2D eigenvalue weighted by molar-refractivity contribution is 5.79. The van der Waals surface area contributed by atoms with Crippen molar-refractivity contribution in [2.24, 2.45) is 5.92 Å². The maximum Gasteiger partial charge on any atom is 0.163 e. The number of nitrogens with zero attached hydrogens (tertiary/aromatic N) is 1. The topological polar surface area (TPSA) is 47.1 Å². The smallest absolute Gasteiger partial charge is 0.163 e. The Kier molecular flexibility index (Phi) is 3.45. The van der Waals surface area contributed by atoms with E-state index in [9.17, 15) is 0 Å². The molecule has 0 radical (unpaired) electrons. The molecule has 4 heteroatoms. The van der Waals surface area contributed by atoms with Gasteiger partial charge >= 0.3 is 0 Å². The molecule has 4 rings (SSSR count). The molecule has 1 aromatic carbocycles. The quantitative estimate of drug-likeness (QED) is 0.932. The van der Waals surface area contributed by atoms with Gasteiger partial charge in [-0.1, -0.05) is 32.1 Å². The van der Waals surface area contributed by atoms with Gasteiger partial charge in [-0.3, -0.25) is 0 Å². The fourth-order valence-electron chi connectivity index (χ4n) is 3.53. The molecule has 0 amide bonds. The Morgan fingerprint density at radius 2 is 1.81 bits per heavy atom. The van der Waals surface area contributed by atoms with Crippen LogP contribution in [-0.4, -0.2) is 23.2 Å². The zero-order valence-corrected chi connectivity index (χ0v) is 12.4. The summed E-state index contributed by atoms with van der Waals surface area (Å²) in [7, 11) is 0. The number of ether oxygens (including phenoxy) is 2. The molecule has 112 valence electrons. The van der Waals surface area contributed by atoms with Crippen molar-refractivity contribution in [1.82, 2.24) is 9.97 Å². The number of fused-ring (bicyclic) bond motifs is 2. The van der Waals surface area contributed by atoms with Crippen molar-refractivity contribution in [2.45, 2.75) is 44.9 Å². The van der Waals surface area contributed by atoms with E-state index in [0.29, 0.717) is 13.2 Å². The molecule has 0 saturated heterocycles. The standard InChI is InChI=1S/C17H22N2O2/c1-2-4-12(5-3-1)6-7-17-18-13-10-15-16(11-14(13)19-17)21-9-8-20-15/h10-12H,1-9H2,(H,18,19). The lowest BCUT2D eigenvalue weighted by Gasteiger charge is -2.20. The molecular formula is C17H22N2O2. The number of aryl methyl sites for hydroxylation is 1. The van der Waals surface area contributed by atoms with Crippen LogP contribution in [0.5, 0.6) is 11.5 Å². The van der Waals surface area contributed by atoms with Gasteiger partial charge in [0, 0.05) is 18.6 Å². The van der Waals surface area contributed by atoms with E-state index in [-0.39, 0.29) is 0 Å². The van der Waals surface area contributed by atoms with Crippen LogP contribution in [0.15, 0.2) is 12.1 Å². The Morgan fingerprint density at radius 3 is 2.62 bits per heavy atom. The number of aromatic amines is 1. The van der Waals surface area contributed by atoms with Crippen LogP contribution in [0.2, 0.25) is 0 Å². The van der Waals surface area contributed by atoms with Crippen LogP contribution in [0.3, 0.4) is 0 Å². The van der Waals surface area contributed by atoms with Crippen molar-refractivity contribution in [3.63, 3.8) is 0 Å². The van der Waals surface area contributed by atoms with Gasteiger partial charge in [0.2, 0.25) is 0 Å². The minimum Gasteiger partial charge on any atom is -0.486 e. The minimum atomic E-state index is 0.622. The third-order valence-electron chi connectivity index (χ3n) is 4.71. The number of H-pyrrole nitrogens is 1. The maximum atomic E-state index is 5.62. The molecule has 1 N–H and O–H groups in total. The highest BCUT2D eigenvalue weighted by atomic mass is 16.6. The number of imidazole rings is 1. The Hall–Kier alpha value is -1.71. The predicted octanol–water partition coefficient (Wildman–Crippen LogP) is 3.85. The second kappa shape index (κ2) is 5.58. The lowest BCUT2D eigenvalue weighted by Crippen LogP contribution is -2.15. The van der Waals surface area contributed by atoms with Crippen LogP contribution in [0.1, 0.15) is 44.3 Å². The first kappa shape index (κ1) is 13.0. The third kappa shape index (κ3) is 2.71. The summed E-state index contributed by atoms with van der Waals surface area (Å²) < 4.78 is 11.2. The fourth-order valence-corrected chi connectivity index (χ4v) is 3.53. The van der Waals surface area contributed by atoms with Gasteiger partial charge in [0.1, 0.15) is 19.0 Å². The molecule has 0 spiro atoms. The molecule has 4 nitrogen and oxygen atoms in total. The molecule has 0 bridgehead atoms. The highest BCUT2D eigenvalue weighted by Gasteiger charge is 2.16. The first-order valence-electron chi connectivity index (χ1n) is 8.17. The van der Waals surface area contributed by atoms with Crippen LogP contribution in [0, 0.1) is 5.92 Å². The second-order valence-corrected chi connectivity index (χ2v) is 6.24. The average Bonchev–Trinajstić information content (AvgIpc) is 2.93. The maximum absolute atomic E-state index is 5.62. The number of nitrogens with one attached hydrogen (secondary N) is 1. The summed E-state index contributed by atoms with van der Waals surface area (Å²) in [4.78, 5) is 8.15. The molecule has 21 heavy (non-hydrogen) atoms. The van der Waals surface area contributed by atoms with Gasteiger partial charge in [0.25, 0.3) is 0 Å². The molecule has 1 fully saturated rings. The third-order valence-corrected chi connectivity index (χ3v) is 4.71. The molecule has 2 aromatic rings. The van der Waals surface area contributed by atoms with Crippen molar-refractivity contribution in [1.29, 1.82) is 0 Å². The van der Waals surface area contributed by atoms with Gasteiger partial charge in [-0.2, -0.15) is 0 Å². The van der Waals surface area contributed by atoms with E-state index >= 15 is 0 Å². The zero-order chi connectivity index (χ0) is 14.1. The predicted molar refractivity (Wildman–Crippen MR) is 82.0 cm³/mol. The summed E-state index contributed by atoms with van der Waals surface area (Å²) in [5, 5.41) is 0. The minimum absolute atomic E-state index is 0.622. The van der Waals surface area contributed by atoms with Gasteiger partial charge in [0.15, 0.2) is 11.5 Å². The van der Waals surface area contributed by atoms with E-state index in [0.717, 1.165) is 40.7 Å². The van der Waals surface area contributed by atoms with Crippen molar-refractivity contribution in [3.05, 3.63) is 18.0 Å². The molecular weight excluding hydrogens is 264 g/mol. The van der Waals surface area contributed by atoms with Crippen molar-refractivity contribution in [3.8, 4) is 11.5 Å². The van der Waals surface area contributed by atoms with Crippen molar-refractivity contribution < 1.29 is 9.47 Å². The second-order valence-electron chi connectivity index (χ2n) is 6.24. The molecule has 2 heterocycles. The van der Waals surface area contributed by atoms with Crippen LogP contribution >= 0.6 is 0 Å². The average molecular weight is 286 g/mol. The summed E-state index contributed by atoms with van der Waals surface area (Å²) in [6.07, 6.45) is 9.34. The molecule has 1 saturated carbocycles. The molecule has 2 aliphatic rings. The molecule has 1 aromatic heterocycles. The monoisotopic (exact) mass is 286 g/mol. The van der Waals surface area contributed by atoms with Crippen LogP contribution < -0.4 is 9.47 Å². The van der Waals surface area contributed by atoms with Crippen LogP contribution in [-0.2, 0) is 6.42 Å². The van der Waals surface area contributed by atoms with E-state index in [1.165, 1.54) is 38.5 Å². The Balaban J connectivity index is 1.50. The van der Waals surface area contributed by atoms with Gasteiger partial charge in [-0.25, -0.2) is 4.98 Å². The fraction of sp³-hybridized carbons (Fsp3) is 0.588. The molecule has 1 aliphatic heterocycles. The number of hydrogen-bond acceptors (Lipinski definition) is 3. The molecule has 1 aliphatic carbocycles.